The van der Waals surface area contributed by atoms with Crippen LogP contribution in [0.2, 0.25) is 0 Å². The molecular formula is C45H87BrN2O19. The number of nitrogens with one attached hydrogen (secondary N) is 2. The molecule has 0 aromatic heterocycles. The van der Waals surface area contributed by atoms with E-state index < -0.39 is 36.8 Å². The maximum atomic E-state index is 11.9. The first kappa shape index (κ1) is 68.7. The zero-order valence-corrected chi connectivity index (χ0v) is 42.7. The van der Waals surface area contributed by atoms with Crippen molar-refractivity contribution in [3.63, 3.8) is 0 Å². The van der Waals surface area contributed by atoms with Gasteiger partial charge in [-0.3, -0.25) is 24.0 Å². The molecule has 0 saturated heterocycles. The molecule has 0 aromatic rings. The summed E-state index contributed by atoms with van der Waals surface area (Å²) < 4.78 is 46.4. The van der Waals surface area contributed by atoms with Gasteiger partial charge >= 0.3 is 17.9 Å². The van der Waals surface area contributed by atoms with Crippen molar-refractivity contribution < 1.29 is 92.1 Å². The maximum Gasteiger partial charge on any atom is 0.305 e. The third-order valence-electron chi connectivity index (χ3n) is 9.46. The second-order valence-electron chi connectivity index (χ2n) is 15.0. The number of carboxylic acids is 1. The van der Waals surface area contributed by atoms with Gasteiger partial charge in [0.1, 0.15) is 13.2 Å². The van der Waals surface area contributed by atoms with Crippen LogP contribution in [0.1, 0.15) is 130 Å². The first-order valence-corrected chi connectivity index (χ1v) is 24.6. The number of carbonyl (C=O) groups is 5. The number of aliphatic hydroxyl groups excluding tert-OH is 4. The minimum Gasteiger partial charge on any atom is -0.481 e. The molecule has 0 fully saturated rings. The number of aliphatic hydroxyl groups is 4. The number of hydrogen-bond acceptors (Lipinski definition) is 18. The van der Waals surface area contributed by atoms with E-state index in [1.54, 1.807) is 0 Å². The van der Waals surface area contributed by atoms with Crippen LogP contribution in [0.4, 0.5) is 0 Å². The van der Waals surface area contributed by atoms with E-state index >= 15 is 0 Å². The van der Waals surface area contributed by atoms with Gasteiger partial charge in [-0.05, 0) is 51.4 Å². The van der Waals surface area contributed by atoms with Crippen LogP contribution < -0.4 is 10.6 Å². The average molecular weight is 1040 g/mol. The van der Waals surface area contributed by atoms with Crippen LogP contribution in [0.3, 0.4) is 0 Å². The van der Waals surface area contributed by atoms with Gasteiger partial charge in [-0.15, -0.1) is 0 Å². The van der Waals surface area contributed by atoms with Crippen molar-refractivity contribution in [3.05, 3.63) is 0 Å². The number of aliphatic carboxylic acids is 1. The van der Waals surface area contributed by atoms with Gasteiger partial charge < -0.3 is 78.8 Å². The molecule has 0 saturated carbocycles. The maximum absolute atomic E-state index is 11.9. The molecule has 0 aliphatic rings. The Morgan fingerprint density at radius 1 is 0.493 bits per heavy atom. The van der Waals surface area contributed by atoms with E-state index in [1.807, 2.05) is 20.8 Å². The Morgan fingerprint density at radius 2 is 0.896 bits per heavy atom. The highest BCUT2D eigenvalue weighted by atomic mass is 79.9. The largest absolute Gasteiger partial charge is 0.481 e. The number of alkyl halides is 1. The molecule has 22 heteroatoms. The smallest absolute Gasteiger partial charge is 0.305 e. The highest BCUT2D eigenvalue weighted by Gasteiger charge is 2.18. The zero-order chi connectivity index (χ0) is 50.9. The first-order chi connectivity index (χ1) is 32.3. The second kappa shape index (κ2) is 51.2. The predicted octanol–water partition coefficient (Wildman–Crippen LogP) is 3.51. The van der Waals surface area contributed by atoms with Crippen molar-refractivity contribution in [2.75, 3.05) is 92.6 Å². The number of esters is 2. The Bertz CT molecular complexity index is 1150. The molecule has 0 heterocycles. The first-order valence-electron chi connectivity index (χ1n) is 23.5. The van der Waals surface area contributed by atoms with Gasteiger partial charge in [0.05, 0.1) is 50.1 Å². The summed E-state index contributed by atoms with van der Waals surface area (Å²) in [5, 5.41) is 50.0. The summed E-state index contributed by atoms with van der Waals surface area (Å²) in [7, 11) is 4.30. The molecule has 0 aliphatic carbocycles. The summed E-state index contributed by atoms with van der Waals surface area (Å²) in [6.07, 6.45) is 8.62. The zero-order valence-electron chi connectivity index (χ0n) is 41.1. The molecule has 7 N–H and O–H groups in total. The van der Waals surface area contributed by atoms with E-state index in [9.17, 15) is 24.0 Å². The fourth-order valence-electron chi connectivity index (χ4n) is 5.27. The summed E-state index contributed by atoms with van der Waals surface area (Å²) in [4.78, 5) is 56.4. The molecule has 6 atom stereocenters. The third-order valence-corrected chi connectivity index (χ3v) is 9.97. The Hall–Kier alpha value is -2.61. The standard InChI is InChI=1S/C26H49BrN2O8.C12H22O7.C7H16O4/c1-3-22(20-30)37-26(34-2)21-36-25(33)14-11-13-23(31)28-16-12-18-35-17-10-8-6-4-5-7-9-15-29-24(32)19-27;1-3-9(7-13)19-12(17-2)8-18-11(16)6-4-5-10(14)15;1-3-6(4-8)11-7(5-9)10-2/h22,26,30H,3-21H2,1-2H3,(H,28,31)(H,29,32);9,12-13H,3-8H2,1-2H3,(H,14,15);6-9H,3-5H2,1-2H3. The molecule has 0 radical (unpaired) electrons. The molecule has 6 unspecified atom stereocenters. The Morgan fingerprint density at radius 3 is 1.31 bits per heavy atom. The molecule has 21 nitrogen and oxygen atoms in total. The Labute approximate surface area is 407 Å². The van der Waals surface area contributed by atoms with Crippen LogP contribution >= 0.6 is 15.9 Å². The average Bonchev–Trinajstić information content (AvgIpc) is 3.33. The summed E-state index contributed by atoms with van der Waals surface area (Å²) in [6, 6.07) is 0. The van der Waals surface area contributed by atoms with Crippen LogP contribution in [0.15, 0.2) is 0 Å². The molecule has 67 heavy (non-hydrogen) atoms. The van der Waals surface area contributed by atoms with Crippen LogP contribution in [0.25, 0.3) is 0 Å². The number of unbranched alkanes of at least 4 members (excludes halogenated alkanes) is 6. The normalized spacial score (nSPS) is 13.6. The monoisotopic (exact) mass is 1040 g/mol. The van der Waals surface area contributed by atoms with E-state index in [0.29, 0.717) is 44.2 Å². The van der Waals surface area contributed by atoms with Crippen molar-refractivity contribution in [2.24, 2.45) is 0 Å². The number of ether oxygens (including phenoxy) is 9. The SMILES string of the molecule is CCC(CO)OC(CO)OC.CCC(CO)OC(COC(=O)CCCC(=O)NCCCOCCCCCCCCCNC(=O)CBr)OC.CCC(CO)OC(COC(=O)CCCC(=O)O)OC. The second-order valence-corrected chi connectivity index (χ2v) is 15.5. The number of carbonyl (C=O) groups excluding carboxylic acids is 4. The van der Waals surface area contributed by atoms with Gasteiger partial charge in [0.2, 0.25) is 11.8 Å². The molecule has 398 valence electrons. The van der Waals surface area contributed by atoms with E-state index in [1.165, 1.54) is 40.6 Å². The minimum absolute atomic E-state index is 0.0416. The van der Waals surface area contributed by atoms with Gasteiger partial charge in [0, 0.05) is 73.3 Å². The summed E-state index contributed by atoms with van der Waals surface area (Å²) >= 11 is 3.13. The van der Waals surface area contributed by atoms with Gasteiger partial charge in [-0.2, -0.15) is 0 Å². The van der Waals surface area contributed by atoms with Crippen LogP contribution in [0, 0.1) is 0 Å². The fraction of sp³-hybridized carbons (Fsp3) is 0.889. The number of hydrogen-bond donors (Lipinski definition) is 7. The Kier molecular flexibility index (Phi) is 52.5. The number of halogens is 1. The van der Waals surface area contributed by atoms with Crippen molar-refractivity contribution in [2.45, 2.75) is 167 Å². The topological polar surface area (TPSA) is 294 Å². The number of methoxy groups -OCH3 is 3. The third kappa shape index (κ3) is 46.9. The fourth-order valence-corrected chi connectivity index (χ4v) is 5.47. The van der Waals surface area contributed by atoms with E-state index in [-0.39, 0.29) is 102 Å². The van der Waals surface area contributed by atoms with Crippen molar-refractivity contribution in [1.82, 2.24) is 10.6 Å². The van der Waals surface area contributed by atoms with Crippen molar-refractivity contribution in [1.29, 1.82) is 0 Å². The summed E-state index contributed by atoms with van der Waals surface area (Å²) in [5.41, 5.74) is 0. The van der Waals surface area contributed by atoms with Gasteiger partial charge in [0.15, 0.2) is 18.9 Å². The number of rotatable bonds is 43. The van der Waals surface area contributed by atoms with E-state index in [2.05, 4.69) is 26.6 Å². The van der Waals surface area contributed by atoms with E-state index in [4.69, 9.17) is 68.2 Å². The van der Waals surface area contributed by atoms with Crippen molar-refractivity contribution >= 4 is 45.7 Å². The highest BCUT2D eigenvalue weighted by molar-refractivity contribution is 9.09. The van der Waals surface area contributed by atoms with Crippen LogP contribution in [-0.2, 0) is 66.6 Å². The molecule has 0 aliphatic heterocycles. The van der Waals surface area contributed by atoms with E-state index in [0.717, 1.165) is 45.3 Å². The molecule has 0 spiro atoms. The Balaban J connectivity index is -0.00000112. The van der Waals surface area contributed by atoms with Gasteiger partial charge in [0.25, 0.3) is 0 Å². The molecule has 0 aromatic carbocycles. The van der Waals surface area contributed by atoms with Crippen LogP contribution in [-0.4, -0.2) is 185 Å². The van der Waals surface area contributed by atoms with Crippen molar-refractivity contribution in [3.8, 4) is 0 Å². The lowest BCUT2D eigenvalue weighted by atomic mass is 10.1. The lowest BCUT2D eigenvalue weighted by Crippen LogP contribution is -2.30. The minimum atomic E-state index is -0.945. The lowest BCUT2D eigenvalue weighted by molar-refractivity contribution is -0.194. The molecule has 2 amide bonds. The lowest BCUT2D eigenvalue weighted by Gasteiger charge is -2.21. The van der Waals surface area contributed by atoms with Crippen LogP contribution in [0.5, 0.6) is 0 Å². The quantitative estimate of drug-likeness (QED) is 0.0199. The van der Waals surface area contributed by atoms with Gasteiger partial charge in [-0.1, -0.05) is 68.8 Å². The molecule has 0 rings (SSSR count). The highest BCUT2D eigenvalue weighted by Crippen LogP contribution is 2.09. The number of carboxylic acid groups (broad SMARTS) is 1. The summed E-state index contributed by atoms with van der Waals surface area (Å²) in [6.45, 7) is 7.65. The number of amides is 2. The predicted molar refractivity (Wildman–Crippen MR) is 251 cm³/mol. The van der Waals surface area contributed by atoms with Gasteiger partial charge in [-0.25, -0.2) is 0 Å². The molecular weight excluding hydrogens is 952 g/mol. The molecule has 0 bridgehead atoms. The summed E-state index contributed by atoms with van der Waals surface area (Å²) in [5.74, 6) is -1.91.